The smallest absolute Gasteiger partial charge is 0.255 e. The van der Waals surface area contributed by atoms with E-state index in [2.05, 4.69) is 10.6 Å². The average Bonchev–Trinajstić information content (AvgIpc) is 2.90. The number of amides is 2. The standard InChI is InChI=1S/C27H33F3N2O6S/c1-15-8-20(9-16(2)27(15,36)13-23(33)31-14-26(3,4)35)39(37,38)19-7-5-6-17(10-19)25(34)32-18-11-21(28)24(30)22(29)12-18/h5-7,10-12,15-16,20,35-36H,8-9,13-14H2,1-4H3,(H,31,33)(H,32,34)/t15-,16?,20-,27-/m0/s1/i1D,2D3,20D. The zero-order chi connectivity index (χ0) is 33.5. The van der Waals surface area contributed by atoms with Crippen molar-refractivity contribution in [1.29, 1.82) is 0 Å². The van der Waals surface area contributed by atoms with Crippen molar-refractivity contribution in [3.8, 4) is 0 Å². The van der Waals surface area contributed by atoms with Gasteiger partial charge in [-0.25, -0.2) is 21.6 Å². The molecule has 0 saturated heterocycles. The van der Waals surface area contributed by atoms with E-state index in [4.69, 9.17) is 6.85 Å². The van der Waals surface area contributed by atoms with Crippen LogP contribution >= 0.6 is 0 Å². The Kier molecular flexibility index (Phi) is 6.90. The number of benzene rings is 2. The van der Waals surface area contributed by atoms with Crippen molar-refractivity contribution in [3.63, 3.8) is 0 Å². The molecular weight excluding hydrogens is 537 g/mol. The molecule has 4 atom stereocenters. The molecule has 12 heteroatoms. The predicted octanol–water partition coefficient (Wildman–Crippen LogP) is 3.57. The second-order valence-electron chi connectivity index (χ2n) is 10.2. The number of carbonyl (C=O) groups excluding carboxylic acids is 2. The van der Waals surface area contributed by atoms with Crippen LogP contribution in [0, 0.1) is 29.3 Å². The van der Waals surface area contributed by atoms with Crippen molar-refractivity contribution in [2.75, 3.05) is 11.9 Å². The Hall–Kier alpha value is -2.96. The van der Waals surface area contributed by atoms with Crippen LogP contribution in [0.2, 0.25) is 0 Å². The van der Waals surface area contributed by atoms with E-state index >= 15 is 0 Å². The first-order valence-corrected chi connectivity index (χ1v) is 13.3. The summed E-state index contributed by atoms with van der Waals surface area (Å²) < 4.78 is 109. The molecule has 0 heterocycles. The number of sulfone groups is 1. The Balaban J connectivity index is 1.96. The van der Waals surface area contributed by atoms with Crippen LogP contribution in [-0.4, -0.2) is 53.4 Å². The largest absolute Gasteiger partial charge is 0.389 e. The van der Waals surface area contributed by atoms with Gasteiger partial charge in [-0.2, -0.15) is 0 Å². The third-order valence-corrected chi connectivity index (χ3v) is 8.37. The second-order valence-corrected chi connectivity index (χ2v) is 12.2. The van der Waals surface area contributed by atoms with Crippen molar-refractivity contribution in [2.45, 2.75) is 68.2 Å². The summed E-state index contributed by atoms with van der Waals surface area (Å²) >= 11 is 0. The Labute approximate surface area is 232 Å². The number of aliphatic hydroxyl groups is 2. The van der Waals surface area contributed by atoms with Gasteiger partial charge in [-0.3, -0.25) is 9.59 Å². The minimum Gasteiger partial charge on any atom is -0.389 e. The van der Waals surface area contributed by atoms with Gasteiger partial charge in [-0.1, -0.05) is 19.8 Å². The van der Waals surface area contributed by atoms with Crippen molar-refractivity contribution in [1.82, 2.24) is 5.32 Å². The molecule has 1 aliphatic rings. The first-order valence-electron chi connectivity index (χ1n) is 14.6. The molecule has 8 nitrogen and oxygen atoms in total. The van der Waals surface area contributed by atoms with Crippen LogP contribution in [0.5, 0.6) is 0 Å². The normalized spacial score (nSPS) is 27.8. The van der Waals surface area contributed by atoms with Crippen LogP contribution in [0.15, 0.2) is 41.3 Å². The van der Waals surface area contributed by atoms with E-state index in [0.717, 1.165) is 24.3 Å². The molecule has 0 aliphatic heterocycles. The Morgan fingerprint density at radius 3 is 2.38 bits per heavy atom. The van der Waals surface area contributed by atoms with E-state index < -0.39 is 111 Å². The lowest BCUT2D eigenvalue weighted by Crippen LogP contribution is -2.53. The minimum absolute atomic E-state index is 0.238. The lowest BCUT2D eigenvalue weighted by molar-refractivity contribution is -0.137. The number of carbonyl (C=O) groups is 2. The summed E-state index contributed by atoms with van der Waals surface area (Å²) in [6.45, 7) is -1.23. The molecule has 2 aromatic rings. The van der Waals surface area contributed by atoms with Crippen LogP contribution in [0.4, 0.5) is 18.9 Å². The maximum absolute atomic E-state index is 13.9. The number of halogens is 3. The van der Waals surface area contributed by atoms with Crippen LogP contribution in [0.25, 0.3) is 0 Å². The fourth-order valence-corrected chi connectivity index (χ4v) is 5.83. The first kappa shape index (κ1) is 23.9. The predicted molar refractivity (Wildman–Crippen MR) is 138 cm³/mol. The van der Waals surface area contributed by atoms with Gasteiger partial charge in [0, 0.05) is 36.8 Å². The molecule has 0 bridgehead atoms. The number of hydrogen-bond donors (Lipinski definition) is 4. The summed E-state index contributed by atoms with van der Waals surface area (Å²) in [5.74, 6) is -10.2. The number of hydrogen-bond acceptors (Lipinski definition) is 6. The molecule has 0 aromatic heterocycles. The maximum atomic E-state index is 13.9. The number of anilines is 1. The zero-order valence-corrected chi connectivity index (χ0v) is 22.0. The van der Waals surface area contributed by atoms with Crippen LogP contribution in [0.1, 0.15) is 64.1 Å². The molecule has 214 valence electrons. The van der Waals surface area contributed by atoms with Gasteiger partial charge in [-0.05, 0) is 56.7 Å². The topological polar surface area (TPSA) is 133 Å². The number of nitrogens with one attached hydrogen (secondary N) is 2. The van der Waals surface area contributed by atoms with Crippen molar-refractivity contribution < 1.29 is 48.2 Å². The molecule has 4 N–H and O–H groups in total. The second kappa shape index (κ2) is 11.3. The quantitative estimate of drug-likeness (QED) is 0.356. The van der Waals surface area contributed by atoms with Gasteiger partial charge >= 0.3 is 0 Å². The molecule has 2 amide bonds. The summed E-state index contributed by atoms with van der Waals surface area (Å²) in [5, 5.41) is 23.3. The van der Waals surface area contributed by atoms with Crippen molar-refractivity contribution >= 4 is 27.3 Å². The molecule has 2 aromatic carbocycles. The molecule has 3 rings (SSSR count). The van der Waals surface area contributed by atoms with Crippen LogP contribution in [0.3, 0.4) is 0 Å². The van der Waals surface area contributed by atoms with Gasteiger partial charge in [0.2, 0.25) is 5.91 Å². The summed E-state index contributed by atoms with van der Waals surface area (Å²) in [5.41, 5.74) is -4.53. The lowest BCUT2D eigenvalue weighted by Gasteiger charge is -2.45. The maximum Gasteiger partial charge on any atom is 0.255 e. The molecule has 1 aliphatic carbocycles. The minimum atomic E-state index is -4.81. The van der Waals surface area contributed by atoms with Gasteiger partial charge in [0.05, 0.1) is 27.7 Å². The Bertz CT molecular complexity index is 1520. The first-order chi connectivity index (χ1) is 20.0. The van der Waals surface area contributed by atoms with Gasteiger partial charge < -0.3 is 20.8 Å². The highest BCUT2D eigenvalue weighted by Gasteiger charge is 2.49. The lowest BCUT2D eigenvalue weighted by atomic mass is 9.68. The van der Waals surface area contributed by atoms with Crippen LogP contribution in [-0.2, 0) is 14.6 Å². The average molecular weight is 576 g/mol. The number of rotatable bonds is 8. The van der Waals surface area contributed by atoms with Crippen molar-refractivity contribution in [3.05, 3.63) is 59.4 Å². The van der Waals surface area contributed by atoms with Gasteiger partial charge in [0.25, 0.3) is 5.91 Å². The third kappa shape index (κ3) is 6.98. The molecule has 39 heavy (non-hydrogen) atoms. The highest BCUT2D eigenvalue weighted by molar-refractivity contribution is 7.92. The molecule has 1 saturated carbocycles. The van der Waals surface area contributed by atoms with E-state index in [-0.39, 0.29) is 12.1 Å². The highest BCUT2D eigenvalue weighted by atomic mass is 32.2. The molecule has 1 fully saturated rings. The highest BCUT2D eigenvalue weighted by Crippen LogP contribution is 2.44. The van der Waals surface area contributed by atoms with Gasteiger partial charge in [0.1, 0.15) is 0 Å². The fraction of sp³-hybridized carbons (Fsp3) is 0.481. The van der Waals surface area contributed by atoms with Crippen molar-refractivity contribution in [2.24, 2.45) is 11.8 Å². The van der Waals surface area contributed by atoms with E-state index in [1.165, 1.54) is 13.8 Å². The summed E-state index contributed by atoms with van der Waals surface area (Å²) in [4.78, 5) is 24.9. The molecule has 1 unspecified atom stereocenters. The SMILES string of the molecule is [2H]C[C@H]1C[C@]([2H])(S(=O)(=O)c2cccc(C(=O)Nc3cc(F)c(F)c(F)c3)c2)CC(C([2H])([2H])[2H])[C@]1(O)CC(=O)NCC(C)(C)O. The Morgan fingerprint density at radius 2 is 1.79 bits per heavy atom. The van der Waals surface area contributed by atoms with E-state index in [9.17, 15) is 41.4 Å². The summed E-state index contributed by atoms with van der Waals surface area (Å²) in [7, 11) is -4.81. The Morgan fingerprint density at radius 1 is 1.15 bits per heavy atom. The summed E-state index contributed by atoms with van der Waals surface area (Å²) in [6, 6.07) is 5.24. The molecule has 0 spiro atoms. The van der Waals surface area contributed by atoms with E-state index in [0.29, 0.717) is 12.1 Å². The molecule has 0 radical (unpaired) electrons. The van der Waals surface area contributed by atoms with E-state index in [1.807, 2.05) is 0 Å². The van der Waals surface area contributed by atoms with Gasteiger partial charge in [-0.15, -0.1) is 0 Å². The fourth-order valence-electron chi connectivity index (χ4n) is 4.15. The monoisotopic (exact) mass is 575 g/mol. The van der Waals surface area contributed by atoms with Crippen LogP contribution < -0.4 is 10.6 Å². The third-order valence-electron chi connectivity index (χ3n) is 6.41. The van der Waals surface area contributed by atoms with E-state index in [1.54, 1.807) is 0 Å². The van der Waals surface area contributed by atoms with Gasteiger partial charge in [0.15, 0.2) is 27.3 Å². The summed E-state index contributed by atoms with van der Waals surface area (Å²) in [6.07, 6.45) is -2.51. The zero-order valence-electron chi connectivity index (χ0n) is 26.2. The molecular formula is C27H33F3N2O6S.